The SMILES string of the molecule is O=C(Nc1ccccc1OC[C@H]1CCCCO1)N1CCC(N2CCCC2)CC1. The number of para-hydroxylation sites is 2. The fourth-order valence-electron chi connectivity index (χ4n) is 4.55. The maximum absolute atomic E-state index is 12.8. The molecule has 0 aromatic heterocycles. The van der Waals surface area contributed by atoms with Gasteiger partial charge in [-0.3, -0.25) is 0 Å². The Bertz CT molecular complexity index is 634. The summed E-state index contributed by atoms with van der Waals surface area (Å²) in [5, 5.41) is 3.06. The Labute approximate surface area is 168 Å². The molecule has 3 fully saturated rings. The van der Waals surface area contributed by atoms with Gasteiger partial charge in [-0.25, -0.2) is 4.79 Å². The molecule has 6 nitrogen and oxygen atoms in total. The number of anilines is 1. The largest absolute Gasteiger partial charge is 0.489 e. The van der Waals surface area contributed by atoms with E-state index < -0.39 is 0 Å². The summed E-state index contributed by atoms with van der Waals surface area (Å²) in [6.45, 7) is 5.46. The van der Waals surface area contributed by atoms with Gasteiger partial charge in [-0.05, 0) is 70.2 Å². The minimum absolute atomic E-state index is 0.0233. The Morgan fingerprint density at radius 3 is 2.57 bits per heavy atom. The van der Waals surface area contributed by atoms with Crippen molar-refractivity contribution < 1.29 is 14.3 Å². The fourth-order valence-corrected chi connectivity index (χ4v) is 4.55. The Morgan fingerprint density at radius 2 is 1.82 bits per heavy atom. The average molecular weight is 388 g/mol. The number of rotatable bonds is 5. The van der Waals surface area contributed by atoms with Gasteiger partial charge in [0.1, 0.15) is 12.4 Å². The summed E-state index contributed by atoms with van der Waals surface area (Å²) in [5.41, 5.74) is 0.741. The van der Waals surface area contributed by atoms with Crippen LogP contribution in [0.1, 0.15) is 44.9 Å². The molecule has 1 N–H and O–H groups in total. The van der Waals surface area contributed by atoms with Crippen molar-refractivity contribution in [1.29, 1.82) is 0 Å². The quantitative estimate of drug-likeness (QED) is 0.837. The van der Waals surface area contributed by atoms with Gasteiger partial charge in [0.25, 0.3) is 0 Å². The van der Waals surface area contributed by atoms with Crippen molar-refractivity contribution in [2.45, 2.75) is 57.1 Å². The highest BCUT2D eigenvalue weighted by molar-refractivity contribution is 5.91. The van der Waals surface area contributed by atoms with Crippen LogP contribution in [0.15, 0.2) is 24.3 Å². The molecule has 0 unspecified atom stereocenters. The van der Waals surface area contributed by atoms with Crippen molar-refractivity contribution in [3.63, 3.8) is 0 Å². The minimum atomic E-state index is -0.0233. The Balaban J connectivity index is 1.28. The van der Waals surface area contributed by atoms with Crippen LogP contribution in [0.2, 0.25) is 0 Å². The molecular weight excluding hydrogens is 354 g/mol. The molecule has 154 valence electrons. The van der Waals surface area contributed by atoms with Crippen molar-refractivity contribution in [2.24, 2.45) is 0 Å². The molecule has 0 spiro atoms. The van der Waals surface area contributed by atoms with Crippen LogP contribution in [0.5, 0.6) is 5.75 Å². The zero-order valence-corrected chi connectivity index (χ0v) is 16.8. The summed E-state index contributed by atoms with van der Waals surface area (Å²) in [4.78, 5) is 17.3. The van der Waals surface area contributed by atoms with Gasteiger partial charge < -0.3 is 24.6 Å². The highest BCUT2D eigenvalue weighted by Crippen LogP contribution is 2.26. The molecule has 1 aromatic carbocycles. The van der Waals surface area contributed by atoms with Crippen LogP contribution in [-0.2, 0) is 4.74 Å². The highest BCUT2D eigenvalue weighted by Gasteiger charge is 2.28. The molecule has 4 rings (SSSR count). The van der Waals surface area contributed by atoms with E-state index in [1.54, 1.807) is 0 Å². The number of piperidine rings is 1. The number of urea groups is 1. The molecule has 3 aliphatic rings. The topological polar surface area (TPSA) is 54.0 Å². The lowest BCUT2D eigenvalue weighted by Crippen LogP contribution is -2.47. The number of carbonyl (C=O) groups is 1. The predicted molar refractivity (Wildman–Crippen MR) is 110 cm³/mol. The summed E-state index contributed by atoms with van der Waals surface area (Å²) >= 11 is 0. The first-order chi connectivity index (χ1) is 13.8. The number of nitrogens with zero attached hydrogens (tertiary/aromatic N) is 2. The zero-order valence-electron chi connectivity index (χ0n) is 16.8. The molecule has 2 amide bonds. The number of hydrogen-bond donors (Lipinski definition) is 1. The smallest absolute Gasteiger partial charge is 0.321 e. The molecule has 3 saturated heterocycles. The lowest BCUT2D eigenvalue weighted by molar-refractivity contribution is -0.0109. The second-order valence-electron chi connectivity index (χ2n) is 8.19. The number of nitrogens with one attached hydrogen (secondary N) is 1. The van der Waals surface area contributed by atoms with Gasteiger partial charge in [-0.15, -0.1) is 0 Å². The molecule has 0 aliphatic carbocycles. The second-order valence-corrected chi connectivity index (χ2v) is 8.19. The van der Waals surface area contributed by atoms with E-state index in [1.807, 2.05) is 29.2 Å². The average Bonchev–Trinajstić information content (AvgIpc) is 3.29. The number of likely N-dealkylation sites (tertiary alicyclic amines) is 2. The van der Waals surface area contributed by atoms with Gasteiger partial charge in [-0.1, -0.05) is 12.1 Å². The van der Waals surface area contributed by atoms with Crippen LogP contribution >= 0.6 is 0 Å². The third kappa shape index (κ3) is 4.97. The lowest BCUT2D eigenvalue weighted by Gasteiger charge is -2.36. The molecular formula is C22H33N3O3. The van der Waals surface area contributed by atoms with E-state index in [0.717, 1.165) is 56.8 Å². The Kier molecular flexibility index (Phi) is 6.70. The molecule has 6 heteroatoms. The number of hydrogen-bond acceptors (Lipinski definition) is 4. The Morgan fingerprint density at radius 1 is 1.04 bits per heavy atom. The van der Waals surface area contributed by atoms with E-state index in [2.05, 4.69) is 10.2 Å². The molecule has 0 radical (unpaired) electrons. The van der Waals surface area contributed by atoms with Crippen LogP contribution in [0.3, 0.4) is 0 Å². The summed E-state index contributed by atoms with van der Waals surface area (Å²) in [6.07, 6.45) is 8.32. The third-order valence-electron chi connectivity index (χ3n) is 6.24. The summed E-state index contributed by atoms with van der Waals surface area (Å²) in [5.74, 6) is 0.719. The standard InChI is InChI=1S/C22H33N3O3/c26-22(25-14-10-18(11-15-25)24-12-4-5-13-24)23-20-8-1-2-9-21(20)28-17-19-7-3-6-16-27-19/h1-2,8-9,18-19H,3-7,10-17H2,(H,23,26)/t19-/m1/s1. The molecule has 3 aliphatic heterocycles. The minimum Gasteiger partial charge on any atom is -0.489 e. The second kappa shape index (κ2) is 9.61. The monoisotopic (exact) mass is 387 g/mol. The summed E-state index contributed by atoms with van der Waals surface area (Å²) in [7, 11) is 0. The molecule has 1 aromatic rings. The van der Waals surface area contributed by atoms with Crippen molar-refractivity contribution in [3.05, 3.63) is 24.3 Å². The maximum atomic E-state index is 12.8. The van der Waals surface area contributed by atoms with Gasteiger partial charge in [0.15, 0.2) is 0 Å². The van der Waals surface area contributed by atoms with Crippen LogP contribution in [0.4, 0.5) is 10.5 Å². The third-order valence-corrected chi connectivity index (χ3v) is 6.24. The molecule has 3 heterocycles. The molecule has 28 heavy (non-hydrogen) atoms. The number of carbonyl (C=O) groups excluding carboxylic acids is 1. The van der Waals surface area contributed by atoms with E-state index in [-0.39, 0.29) is 12.1 Å². The summed E-state index contributed by atoms with van der Waals surface area (Å²) in [6, 6.07) is 8.32. The van der Waals surface area contributed by atoms with Gasteiger partial charge in [0.05, 0.1) is 11.8 Å². The first kappa shape index (κ1) is 19.5. The zero-order chi connectivity index (χ0) is 19.2. The van der Waals surface area contributed by atoms with Crippen molar-refractivity contribution in [3.8, 4) is 5.75 Å². The van der Waals surface area contributed by atoms with Gasteiger partial charge in [-0.2, -0.15) is 0 Å². The van der Waals surface area contributed by atoms with Crippen LogP contribution in [-0.4, -0.2) is 67.4 Å². The van der Waals surface area contributed by atoms with Crippen molar-refractivity contribution in [1.82, 2.24) is 9.80 Å². The maximum Gasteiger partial charge on any atom is 0.321 e. The van der Waals surface area contributed by atoms with Crippen molar-refractivity contribution in [2.75, 3.05) is 44.7 Å². The normalized spacial score (nSPS) is 24.3. The molecule has 1 atom stereocenters. The van der Waals surface area contributed by atoms with E-state index in [9.17, 15) is 4.79 Å². The van der Waals surface area contributed by atoms with Crippen LogP contribution < -0.4 is 10.1 Å². The lowest BCUT2D eigenvalue weighted by atomic mass is 10.0. The van der Waals surface area contributed by atoms with E-state index >= 15 is 0 Å². The van der Waals surface area contributed by atoms with Crippen molar-refractivity contribution >= 4 is 11.7 Å². The predicted octanol–water partition coefficient (Wildman–Crippen LogP) is 3.73. The van der Waals surface area contributed by atoms with Gasteiger partial charge in [0.2, 0.25) is 0 Å². The van der Waals surface area contributed by atoms with E-state index in [1.165, 1.54) is 32.4 Å². The van der Waals surface area contributed by atoms with E-state index in [0.29, 0.717) is 12.6 Å². The van der Waals surface area contributed by atoms with E-state index in [4.69, 9.17) is 9.47 Å². The van der Waals surface area contributed by atoms with Gasteiger partial charge >= 0.3 is 6.03 Å². The van der Waals surface area contributed by atoms with Gasteiger partial charge in [0, 0.05) is 25.7 Å². The van der Waals surface area contributed by atoms with Crippen LogP contribution in [0, 0.1) is 0 Å². The fraction of sp³-hybridized carbons (Fsp3) is 0.682. The highest BCUT2D eigenvalue weighted by atomic mass is 16.5. The number of amides is 2. The number of benzene rings is 1. The molecule has 0 saturated carbocycles. The van der Waals surface area contributed by atoms with Crippen LogP contribution in [0.25, 0.3) is 0 Å². The first-order valence-electron chi connectivity index (χ1n) is 10.9. The molecule has 0 bridgehead atoms. The first-order valence-corrected chi connectivity index (χ1v) is 10.9. The number of ether oxygens (including phenoxy) is 2. The Hall–Kier alpha value is -1.79. The summed E-state index contributed by atoms with van der Waals surface area (Å²) < 4.78 is 11.7.